The maximum Gasteiger partial charge on any atom is 0.326 e. The van der Waals surface area contributed by atoms with Crippen LogP contribution in [0.3, 0.4) is 0 Å². The first-order chi connectivity index (χ1) is 18.8. The molecule has 0 saturated carbocycles. The Labute approximate surface area is 243 Å². The predicted molar refractivity (Wildman–Crippen MR) is 146 cm³/mol. The molecule has 1 unspecified atom stereocenters. The van der Waals surface area contributed by atoms with Crippen molar-refractivity contribution in [2.45, 2.75) is 31.3 Å². The summed E-state index contributed by atoms with van der Waals surface area (Å²) < 4.78 is 15.5. The molecule has 0 aliphatic carbocycles. The molecule has 2 aliphatic rings. The summed E-state index contributed by atoms with van der Waals surface area (Å²) in [6.45, 7) is 0.974. The van der Waals surface area contributed by atoms with Crippen LogP contribution < -0.4 is 14.2 Å². The fourth-order valence-electron chi connectivity index (χ4n) is 4.31. The van der Waals surface area contributed by atoms with Crippen LogP contribution in [0.25, 0.3) is 0 Å². The van der Waals surface area contributed by atoms with Crippen molar-refractivity contribution in [2.75, 3.05) is 33.9 Å². The van der Waals surface area contributed by atoms with E-state index in [0.29, 0.717) is 40.1 Å². The van der Waals surface area contributed by atoms with Gasteiger partial charge in [0.25, 0.3) is 5.91 Å². The number of carbonyl (C=O) groups is 1. The summed E-state index contributed by atoms with van der Waals surface area (Å²) in [4.78, 5) is 36.8. The first-order valence-electron chi connectivity index (χ1n) is 11.9. The van der Waals surface area contributed by atoms with Crippen molar-refractivity contribution >= 4 is 57.8 Å². The molecule has 4 heterocycles. The minimum absolute atomic E-state index is 0.0381. The molecule has 11 nitrogen and oxygen atoms in total. The largest absolute Gasteiger partial charge is 0.467 e. The van der Waals surface area contributed by atoms with Crippen LogP contribution in [0.1, 0.15) is 47.5 Å². The lowest BCUT2D eigenvalue weighted by Gasteiger charge is -2.31. The van der Waals surface area contributed by atoms with Crippen LogP contribution in [0.4, 0.5) is 0 Å². The lowest BCUT2D eigenvalue weighted by Crippen LogP contribution is -2.40. The van der Waals surface area contributed by atoms with Gasteiger partial charge < -0.3 is 23.9 Å². The van der Waals surface area contributed by atoms with Crippen LogP contribution in [0.15, 0.2) is 22.7 Å². The Morgan fingerprint density at radius 2 is 1.67 bits per heavy atom. The van der Waals surface area contributed by atoms with Gasteiger partial charge in [-0.25, -0.2) is 4.98 Å². The number of carbonyl (C=O) groups excluding carboxylic acids is 1. The number of ether oxygens (including phenoxy) is 3. The fraction of sp³-hybridized carbons (Fsp3) is 0.417. The van der Waals surface area contributed by atoms with Gasteiger partial charge in [0, 0.05) is 41.4 Å². The number of benzene rings is 1. The molecule has 1 fully saturated rings. The number of thiazole rings is 1. The maximum atomic E-state index is 12.7. The monoisotopic (exact) mass is 612 g/mol. The van der Waals surface area contributed by atoms with Gasteiger partial charge in [-0.3, -0.25) is 4.79 Å². The summed E-state index contributed by atoms with van der Waals surface area (Å²) >= 11 is 20.3. The predicted octanol–water partition coefficient (Wildman–Crippen LogP) is 4.96. The minimum atomic E-state index is -0.404. The first kappa shape index (κ1) is 27.6. The third-order valence-corrected chi connectivity index (χ3v) is 8.16. The van der Waals surface area contributed by atoms with E-state index in [-0.39, 0.29) is 36.5 Å². The van der Waals surface area contributed by atoms with Crippen LogP contribution in [-0.4, -0.2) is 70.4 Å². The van der Waals surface area contributed by atoms with Crippen molar-refractivity contribution in [1.29, 1.82) is 0 Å². The summed E-state index contributed by atoms with van der Waals surface area (Å²) in [6.07, 6.45) is 1.66. The van der Waals surface area contributed by atoms with Crippen molar-refractivity contribution in [1.82, 2.24) is 24.8 Å². The molecule has 2 aliphatic heterocycles. The number of piperidine rings is 1. The van der Waals surface area contributed by atoms with E-state index in [4.69, 9.17) is 58.8 Å². The summed E-state index contributed by atoms with van der Waals surface area (Å²) in [6, 6.07) is 3.31. The second-order valence-corrected chi connectivity index (χ2v) is 10.9. The molecule has 2 aromatic heterocycles. The standard InChI is InChI=1S/C24H23Cl3N6O5S/c1-35-22-29-23(36-2)31-24(30-22)37-10-19(34)33-5-3-12(4-6-33)21-28-17(11-39-21)16-9-18(38-32-16)20-14(26)7-13(25)8-15(20)27/h7-8,11-12,18H,3-6,9-10H2,1-2H3. The Morgan fingerprint density at radius 1 is 1.03 bits per heavy atom. The zero-order valence-corrected chi connectivity index (χ0v) is 24.0. The van der Waals surface area contributed by atoms with Gasteiger partial charge in [0.05, 0.1) is 35.0 Å². The molecule has 3 aromatic rings. The summed E-state index contributed by atoms with van der Waals surface area (Å²) in [5.74, 6) is 0.0827. The molecular formula is C24H23Cl3N6O5S. The van der Waals surface area contributed by atoms with Gasteiger partial charge >= 0.3 is 18.0 Å². The molecule has 1 amide bonds. The van der Waals surface area contributed by atoms with Crippen molar-refractivity contribution in [3.8, 4) is 18.0 Å². The average Bonchev–Trinajstić information content (AvgIpc) is 3.61. The van der Waals surface area contributed by atoms with Crippen LogP contribution in [0.5, 0.6) is 18.0 Å². The van der Waals surface area contributed by atoms with E-state index in [1.807, 2.05) is 5.38 Å². The van der Waals surface area contributed by atoms with Crippen molar-refractivity contribution in [2.24, 2.45) is 5.16 Å². The number of hydrogen-bond acceptors (Lipinski definition) is 11. The lowest BCUT2D eigenvalue weighted by atomic mass is 9.97. The number of amides is 1. The third kappa shape index (κ3) is 6.29. The fourth-order valence-corrected chi connectivity index (χ4v) is 6.37. The third-order valence-electron chi connectivity index (χ3n) is 6.31. The second-order valence-electron chi connectivity index (χ2n) is 8.73. The zero-order valence-electron chi connectivity index (χ0n) is 20.9. The number of rotatable bonds is 8. The smallest absolute Gasteiger partial charge is 0.326 e. The molecule has 0 bridgehead atoms. The molecule has 15 heteroatoms. The summed E-state index contributed by atoms with van der Waals surface area (Å²) in [7, 11) is 2.83. The molecule has 39 heavy (non-hydrogen) atoms. The van der Waals surface area contributed by atoms with Crippen molar-refractivity contribution < 1.29 is 23.8 Å². The maximum absolute atomic E-state index is 12.7. The summed E-state index contributed by atoms with van der Waals surface area (Å²) in [5, 5.41) is 8.56. The van der Waals surface area contributed by atoms with E-state index in [1.165, 1.54) is 14.2 Å². The van der Waals surface area contributed by atoms with Gasteiger partial charge in [0.15, 0.2) is 12.7 Å². The highest BCUT2D eigenvalue weighted by Crippen LogP contribution is 2.40. The number of halogens is 3. The van der Waals surface area contributed by atoms with Crippen molar-refractivity contribution in [3.63, 3.8) is 0 Å². The van der Waals surface area contributed by atoms with E-state index >= 15 is 0 Å². The Morgan fingerprint density at radius 3 is 2.31 bits per heavy atom. The minimum Gasteiger partial charge on any atom is -0.467 e. The zero-order chi connectivity index (χ0) is 27.5. The molecule has 0 N–H and O–H groups in total. The molecule has 5 rings (SSSR count). The van der Waals surface area contributed by atoms with E-state index in [9.17, 15) is 4.79 Å². The van der Waals surface area contributed by atoms with Gasteiger partial charge in [-0.2, -0.15) is 0 Å². The molecule has 1 saturated heterocycles. The lowest BCUT2D eigenvalue weighted by molar-refractivity contribution is -0.134. The van der Waals surface area contributed by atoms with Gasteiger partial charge in [-0.05, 0) is 25.0 Å². The van der Waals surface area contributed by atoms with Crippen LogP contribution in [0, 0.1) is 0 Å². The SMILES string of the molecule is COc1nc(OC)nc(OCC(=O)N2CCC(c3nc(C4=NOC(c5c(Cl)cc(Cl)cc5Cl)C4)cs3)CC2)n1. The average molecular weight is 614 g/mol. The Bertz CT molecular complexity index is 1350. The number of hydrogen-bond donors (Lipinski definition) is 0. The Kier molecular flexibility index (Phi) is 8.55. The van der Waals surface area contributed by atoms with E-state index < -0.39 is 6.10 Å². The first-order valence-corrected chi connectivity index (χ1v) is 13.9. The van der Waals surface area contributed by atoms with Crippen LogP contribution in [-0.2, 0) is 9.63 Å². The van der Waals surface area contributed by atoms with Gasteiger partial charge in [0.2, 0.25) is 0 Å². The molecule has 0 spiro atoms. The highest BCUT2D eigenvalue weighted by molar-refractivity contribution is 7.10. The number of nitrogens with zero attached hydrogens (tertiary/aromatic N) is 6. The quantitative estimate of drug-likeness (QED) is 0.347. The van der Waals surface area contributed by atoms with Crippen LogP contribution in [0.2, 0.25) is 15.1 Å². The molecule has 1 atom stereocenters. The number of methoxy groups -OCH3 is 2. The van der Waals surface area contributed by atoms with Gasteiger partial charge in [-0.15, -0.1) is 26.3 Å². The van der Waals surface area contributed by atoms with E-state index in [1.54, 1.807) is 28.4 Å². The van der Waals surface area contributed by atoms with Gasteiger partial charge in [0.1, 0.15) is 5.71 Å². The molecule has 1 aromatic carbocycles. The Hall–Kier alpha value is -2.93. The highest BCUT2D eigenvalue weighted by atomic mass is 35.5. The molecular weight excluding hydrogens is 591 g/mol. The number of aromatic nitrogens is 4. The Balaban J connectivity index is 1.13. The number of likely N-dealkylation sites (tertiary alicyclic amines) is 1. The molecule has 206 valence electrons. The topological polar surface area (TPSA) is 121 Å². The molecule has 0 radical (unpaired) electrons. The van der Waals surface area contributed by atoms with Crippen molar-refractivity contribution in [3.05, 3.63) is 48.8 Å². The normalized spacial score (nSPS) is 17.5. The summed E-state index contributed by atoms with van der Waals surface area (Å²) in [5.41, 5.74) is 2.17. The van der Waals surface area contributed by atoms with E-state index in [0.717, 1.165) is 29.3 Å². The van der Waals surface area contributed by atoms with E-state index in [2.05, 4.69) is 20.1 Å². The highest BCUT2D eigenvalue weighted by Gasteiger charge is 2.31. The van der Waals surface area contributed by atoms with Gasteiger partial charge in [-0.1, -0.05) is 40.0 Å². The number of oxime groups is 1. The van der Waals surface area contributed by atoms with Crippen LogP contribution >= 0.6 is 46.1 Å². The second kappa shape index (κ2) is 12.1.